The highest BCUT2D eigenvalue weighted by atomic mass is 35.5. The van der Waals surface area contributed by atoms with Gasteiger partial charge >= 0.3 is 5.97 Å². The fraction of sp³-hybridized carbons (Fsp3) is 0.455. The van der Waals surface area contributed by atoms with Crippen molar-refractivity contribution in [2.24, 2.45) is 0 Å². The van der Waals surface area contributed by atoms with Gasteiger partial charge in [-0.3, -0.25) is 4.79 Å². The lowest BCUT2D eigenvalue weighted by atomic mass is 10.0. The molecule has 174 valence electrons. The predicted molar refractivity (Wildman–Crippen MR) is 121 cm³/mol. The highest BCUT2D eigenvalue weighted by Gasteiger charge is 2.32. The number of carboxylic acids is 1. The zero-order valence-corrected chi connectivity index (χ0v) is 18.7. The number of benzene rings is 1. The number of likely N-dealkylation sites (N-methyl/N-ethyl adjacent to an activating group) is 1. The van der Waals surface area contributed by atoms with Crippen molar-refractivity contribution in [1.82, 2.24) is 9.88 Å². The van der Waals surface area contributed by atoms with Crippen molar-refractivity contribution >= 4 is 35.0 Å². The number of ether oxygens (including phenoxy) is 1. The van der Waals surface area contributed by atoms with E-state index >= 15 is 4.39 Å². The zero-order chi connectivity index (χ0) is 22.3. The third-order valence-corrected chi connectivity index (χ3v) is 5.89. The second kappa shape index (κ2) is 9.46. The van der Waals surface area contributed by atoms with E-state index in [0.717, 1.165) is 18.9 Å². The van der Waals surface area contributed by atoms with Crippen molar-refractivity contribution in [2.75, 3.05) is 38.7 Å². The Hall–Kier alpha value is -2.65. The SMILES string of the molecule is CNCC(F)=C1CCCN(c2c(F)cc3c(=O)c(C(=O)O)cn(C4CC4)c3c2OC)C1.Cl. The van der Waals surface area contributed by atoms with Gasteiger partial charge in [-0.2, -0.15) is 0 Å². The van der Waals surface area contributed by atoms with Crippen LogP contribution in [0.2, 0.25) is 0 Å². The van der Waals surface area contributed by atoms with E-state index in [-0.39, 0.29) is 54.2 Å². The van der Waals surface area contributed by atoms with Gasteiger partial charge in [-0.05, 0) is 44.4 Å². The molecule has 2 aliphatic rings. The number of aromatic nitrogens is 1. The molecule has 2 fully saturated rings. The van der Waals surface area contributed by atoms with Crippen LogP contribution in [0.15, 0.2) is 28.5 Å². The summed E-state index contributed by atoms with van der Waals surface area (Å²) in [6, 6.07) is 1.11. The van der Waals surface area contributed by atoms with Crippen molar-refractivity contribution in [3.63, 3.8) is 0 Å². The minimum absolute atomic E-state index is 0. The van der Waals surface area contributed by atoms with E-state index in [9.17, 15) is 19.1 Å². The first-order valence-corrected chi connectivity index (χ1v) is 10.3. The number of fused-ring (bicyclic) bond motifs is 1. The first kappa shape index (κ1) is 24.0. The largest absolute Gasteiger partial charge is 0.492 e. The van der Waals surface area contributed by atoms with Gasteiger partial charge in [0.05, 0.1) is 18.0 Å². The molecule has 4 rings (SSSR count). The van der Waals surface area contributed by atoms with Crippen molar-refractivity contribution in [3.05, 3.63) is 45.3 Å². The Kier molecular flexibility index (Phi) is 7.09. The molecule has 1 saturated carbocycles. The van der Waals surface area contributed by atoms with E-state index in [0.29, 0.717) is 30.5 Å². The fourth-order valence-corrected chi connectivity index (χ4v) is 4.29. The van der Waals surface area contributed by atoms with Crippen LogP contribution in [0.5, 0.6) is 5.75 Å². The summed E-state index contributed by atoms with van der Waals surface area (Å²) in [6.45, 7) is 0.836. The van der Waals surface area contributed by atoms with Gasteiger partial charge in [-0.15, -0.1) is 12.4 Å². The molecule has 0 bridgehead atoms. The van der Waals surface area contributed by atoms with Crippen molar-refractivity contribution in [1.29, 1.82) is 0 Å². The van der Waals surface area contributed by atoms with Gasteiger partial charge in [-0.25, -0.2) is 13.6 Å². The number of carboxylic acid groups (broad SMARTS) is 1. The summed E-state index contributed by atoms with van der Waals surface area (Å²) in [5, 5.41) is 12.2. The third kappa shape index (κ3) is 4.19. The highest BCUT2D eigenvalue weighted by molar-refractivity contribution is 5.97. The number of hydrogen-bond acceptors (Lipinski definition) is 5. The average molecular weight is 470 g/mol. The zero-order valence-electron chi connectivity index (χ0n) is 17.9. The minimum Gasteiger partial charge on any atom is -0.492 e. The van der Waals surface area contributed by atoms with Gasteiger partial charge in [0.2, 0.25) is 5.43 Å². The van der Waals surface area contributed by atoms with E-state index in [1.165, 1.54) is 13.3 Å². The minimum atomic E-state index is -1.35. The van der Waals surface area contributed by atoms with Crippen LogP contribution in [0.3, 0.4) is 0 Å². The van der Waals surface area contributed by atoms with Crippen LogP contribution in [0.4, 0.5) is 14.5 Å². The first-order valence-electron chi connectivity index (χ1n) is 10.3. The Bertz CT molecular complexity index is 1140. The molecule has 0 unspecified atom stereocenters. The van der Waals surface area contributed by atoms with Crippen molar-refractivity contribution in [2.45, 2.75) is 31.7 Å². The number of rotatable bonds is 6. The molecule has 1 aromatic heterocycles. The van der Waals surface area contributed by atoms with E-state index in [1.54, 1.807) is 16.5 Å². The summed E-state index contributed by atoms with van der Waals surface area (Å²) in [4.78, 5) is 26.1. The van der Waals surface area contributed by atoms with Gasteiger partial charge < -0.3 is 24.6 Å². The number of carbonyl (C=O) groups is 1. The molecule has 1 saturated heterocycles. The average Bonchev–Trinajstić information content (AvgIpc) is 3.58. The molecule has 32 heavy (non-hydrogen) atoms. The van der Waals surface area contributed by atoms with Crippen LogP contribution in [0.1, 0.15) is 42.1 Å². The molecule has 1 aliphatic heterocycles. The molecule has 0 spiro atoms. The van der Waals surface area contributed by atoms with E-state index in [2.05, 4.69) is 5.32 Å². The number of anilines is 1. The second-order valence-electron chi connectivity index (χ2n) is 8.02. The monoisotopic (exact) mass is 469 g/mol. The Morgan fingerprint density at radius 3 is 2.69 bits per heavy atom. The van der Waals surface area contributed by atoms with Crippen LogP contribution < -0.4 is 20.4 Å². The lowest BCUT2D eigenvalue weighted by molar-refractivity contribution is 0.0694. The summed E-state index contributed by atoms with van der Waals surface area (Å²) in [5.74, 6) is -2.13. The van der Waals surface area contributed by atoms with Gasteiger partial charge in [-0.1, -0.05) is 0 Å². The molecule has 10 heteroatoms. The quantitative estimate of drug-likeness (QED) is 0.672. The maximum Gasteiger partial charge on any atom is 0.341 e. The fourth-order valence-electron chi connectivity index (χ4n) is 4.29. The molecule has 2 N–H and O–H groups in total. The normalized spacial score (nSPS) is 17.8. The number of methoxy groups -OCH3 is 1. The Morgan fingerprint density at radius 1 is 1.38 bits per heavy atom. The van der Waals surface area contributed by atoms with Crippen LogP contribution in [0, 0.1) is 5.82 Å². The summed E-state index contributed by atoms with van der Waals surface area (Å²) >= 11 is 0. The molecule has 7 nitrogen and oxygen atoms in total. The summed E-state index contributed by atoms with van der Waals surface area (Å²) in [6.07, 6.45) is 4.23. The standard InChI is InChI=1S/C22H25F2N3O4.ClH/c1-25-9-17(24)12-4-3-7-26(10-12)19-16(23)8-14-18(21(19)31-2)27(13-5-6-13)11-15(20(14)28)22(29)30;/h8,11,13,25H,3-7,9-10H2,1-2H3,(H,29,30);1H. The Balaban J connectivity index is 0.00000289. The van der Waals surface area contributed by atoms with Gasteiger partial charge in [0.15, 0.2) is 11.6 Å². The molecular formula is C22H26ClF2N3O4. The van der Waals surface area contributed by atoms with Gasteiger partial charge in [0, 0.05) is 31.9 Å². The molecule has 0 atom stereocenters. The van der Waals surface area contributed by atoms with Gasteiger partial charge in [0.1, 0.15) is 17.1 Å². The Labute approximate surface area is 190 Å². The molecular weight excluding hydrogens is 444 g/mol. The molecule has 0 amide bonds. The summed E-state index contributed by atoms with van der Waals surface area (Å²) in [5.41, 5.74) is 0.000802. The van der Waals surface area contributed by atoms with E-state index in [4.69, 9.17) is 4.74 Å². The van der Waals surface area contributed by atoms with Crippen LogP contribution >= 0.6 is 12.4 Å². The highest BCUT2D eigenvalue weighted by Crippen LogP contribution is 2.44. The van der Waals surface area contributed by atoms with Crippen LogP contribution in [0.25, 0.3) is 10.9 Å². The first-order chi connectivity index (χ1) is 14.9. The number of hydrogen-bond donors (Lipinski definition) is 2. The number of piperidine rings is 1. The predicted octanol–water partition coefficient (Wildman–Crippen LogP) is 3.65. The van der Waals surface area contributed by atoms with Crippen molar-refractivity contribution in [3.8, 4) is 5.75 Å². The summed E-state index contributed by atoms with van der Waals surface area (Å²) < 4.78 is 37.1. The third-order valence-electron chi connectivity index (χ3n) is 5.89. The molecule has 1 aliphatic carbocycles. The van der Waals surface area contributed by atoms with Crippen molar-refractivity contribution < 1.29 is 23.4 Å². The number of nitrogens with one attached hydrogen (secondary N) is 1. The maximum atomic E-state index is 15.3. The number of aromatic carboxylic acids is 1. The second-order valence-corrected chi connectivity index (χ2v) is 8.02. The number of pyridine rings is 1. The maximum absolute atomic E-state index is 15.3. The van der Waals surface area contributed by atoms with Gasteiger partial charge in [0.25, 0.3) is 0 Å². The molecule has 2 heterocycles. The van der Waals surface area contributed by atoms with E-state index in [1.807, 2.05) is 0 Å². The Morgan fingerprint density at radius 2 is 2.09 bits per heavy atom. The smallest absolute Gasteiger partial charge is 0.341 e. The molecule has 1 aromatic carbocycles. The number of halogens is 3. The molecule has 2 aromatic rings. The topological polar surface area (TPSA) is 83.8 Å². The van der Waals surface area contributed by atoms with E-state index < -0.39 is 22.8 Å². The lowest BCUT2D eigenvalue weighted by Gasteiger charge is -2.33. The number of nitrogens with zero attached hydrogens (tertiary/aromatic N) is 2. The molecule has 0 radical (unpaired) electrons. The van der Waals surface area contributed by atoms with Crippen LogP contribution in [-0.2, 0) is 0 Å². The lowest BCUT2D eigenvalue weighted by Crippen LogP contribution is -2.33. The summed E-state index contributed by atoms with van der Waals surface area (Å²) in [7, 11) is 3.06. The van der Waals surface area contributed by atoms with Crippen LogP contribution in [-0.4, -0.2) is 49.4 Å².